The molecule has 0 unspecified atom stereocenters. The Kier molecular flexibility index (Phi) is 3.80. The van der Waals surface area contributed by atoms with Gasteiger partial charge in [-0.3, -0.25) is 9.89 Å². The molecule has 0 radical (unpaired) electrons. The fourth-order valence-corrected chi connectivity index (χ4v) is 4.30. The molecule has 0 saturated heterocycles. The first-order valence-electron chi connectivity index (χ1n) is 8.60. The minimum Gasteiger partial charge on any atom is -0.493 e. The van der Waals surface area contributed by atoms with Crippen molar-refractivity contribution in [2.45, 2.75) is 0 Å². The SMILES string of the molecule is O=C(Nc1cc(-c2cc3ccccc3s2)c2[nH]ncc2c1)c1cccnc1O. The third-order valence-electron chi connectivity index (χ3n) is 4.53. The number of aromatic hydroxyl groups is 1. The highest BCUT2D eigenvalue weighted by Gasteiger charge is 2.15. The van der Waals surface area contributed by atoms with Gasteiger partial charge in [-0.15, -0.1) is 11.3 Å². The second-order valence-electron chi connectivity index (χ2n) is 6.34. The minimum atomic E-state index is -0.421. The molecule has 0 saturated carbocycles. The van der Waals surface area contributed by atoms with Crippen LogP contribution in [-0.4, -0.2) is 26.2 Å². The second-order valence-corrected chi connectivity index (χ2v) is 7.42. The number of amides is 1. The van der Waals surface area contributed by atoms with Crippen molar-refractivity contribution in [3.63, 3.8) is 0 Å². The van der Waals surface area contributed by atoms with Crippen molar-refractivity contribution in [3.05, 3.63) is 72.6 Å². The van der Waals surface area contributed by atoms with Crippen LogP contribution in [0, 0.1) is 0 Å². The van der Waals surface area contributed by atoms with Gasteiger partial charge in [0.1, 0.15) is 5.56 Å². The summed E-state index contributed by atoms with van der Waals surface area (Å²) in [5.74, 6) is -0.718. The number of nitrogens with one attached hydrogen (secondary N) is 2. The normalized spacial score (nSPS) is 11.1. The molecule has 3 N–H and O–H groups in total. The highest BCUT2D eigenvalue weighted by molar-refractivity contribution is 7.22. The zero-order valence-corrected chi connectivity index (χ0v) is 15.3. The van der Waals surface area contributed by atoms with E-state index in [0.717, 1.165) is 21.3 Å². The molecule has 136 valence electrons. The van der Waals surface area contributed by atoms with E-state index in [2.05, 4.69) is 38.7 Å². The van der Waals surface area contributed by atoms with Crippen LogP contribution in [0.4, 0.5) is 5.69 Å². The van der Waals surface area contributed by atoms with E-state index in [0.29, 0.717) is 5.69 Å². The Bertz CT molecular complexity index is 1310. The van der Waals surface area contributed by atoms with E-state index < -0.39 is 5.91 Å². The molecule has 0 fully saturated rings. The first-order valence-corrected chi connectivity index (χ1v) is 9.42. The van der Waals surface area contributed by atoms with E-state index >= 15 is 0 Å². The number of anilines is 1. The van der Waals surface area contributed by atoms with Crippen LogP contribution in [0.3, 0.4) is 0 Å². The molecular weight excluding hydrogens is 372 g/mol. The number of fused-ring (bicyclic) bond motifs is 2. The van der Waals surface area contributed by atoms with Gasteiger partial charge < -0.3 is 10.4 Å². The van der Waals surface area contributed by atoms with Gasteiger partial charge in [0.2, 0.25) is 5.88 Å². The molecule has 0 bridgehead atoms. The van der Waals surface area contributed by atoms with Gasteiger partial charge in [-0.1, -0.05) is 18.2 Å². The van der Waals surface area contributed by atoms with Crippen LogP contribution < -0.4 is 5.32 Å². The summed E-state index contributed by atoms with van der Waals surface area (Å²) >= 11 is 1.68. The van der Waals surface area contributed by atoms with Crippen LogP contribution in [0.15, 0.2) is 67.0 Å². The molecule has 5 aromatic rings. The number of nitrogens with zero attached hydrogens (tertiary/aromatic N) is 2. The van der Waals surface area contributed by atoms with Crippen molar-refractivity contribution < 1.29 is 9.90 Å². The molecule has 0 spiro atoms. The molecule has 0 atom stereocenters. The Balaban J connectivity index is 1.60. The number of rotatable bonds is 3. The fourth-order valence-electron chi connectivity index (χ4n) is 3.21. The zero-order valence-electron chi connectivity index (χ0n) is 14.5. The number of carbonyl (C=O) groups is 1. The van der Waals surface area contributed by atoms with Gasteiger partial charge in [0.15, 0.2) is 0 Å². The maximum Gasteiger partial charge on any atom is 0.261 e. The van der Waals surface area contributed by atoms with E-state index in [1.807, 2.05) is 24.3 Å². The van der Waals surface area contributed by atoms with Crippen LogP contribution in [-0.2, 0) is 0 Å². The summed E-state index contributed by atoms with van der Waals surface area (Å²) in [5, 5.41) is 21.9. The number of pyridine rings is 1. The lowest BCUT2D eigenvalue weighted by Gasteiger charge is -2.09. The molecule has 28 heavy (non-hydrogen) atoms. The molecule has 7 heteroatoms. The first-order chi connectivity index (χ1) is 13.7. The molecular formula is C21H14N4O2S. The van der Waals surface area contributed by atoms with Crippen molar-refractivity contribution in [2.75, 3.05) is 5.32 Å². The Hall–Kier alpha value is -3.71. The van der Waals surface area contributed by atoms with Gasteiger partial charge in [0.05, 0.1) is 11.7 Å². The van der Waals surface area contributed by atoms with Crippen molar-refractivity contribution in [3.8, 4) is 16.3 Å². The Morgan fingerprint density at radius 2 is 1.96 bits per heavy atom. The molecule has 6 nitrogen and oxygen atoms in total. The van der Waals surface area contributed by atoms with Crippen LogP contribution >= 0.6 is 11.3 Å². The number of aromatic nitrogens is 3. The van der Waals surface area contributed by atoms with Crippen molar-refractivity contribution in [1.82, 2.24) is 15.2 Å². The predicted molar refractivity (Wildman–Crippen MR) is 111 cm³/mol. The monoisotopic (exact) mass is 386 g/mol. The lowest BCUT2D eigenvalue weighted by atomic mass is 10.1. The van der Waals surface area contributed by atoms with E-state index in [4.69, 9.17) is 0 Å². The highest BCUT2D eigenvalue weighted by Crippen LogP contribution is 2.38. The largest absolute Gasteiger partial charge is 0.493 e. The van der Waals surface area contributed by atoms with Gasteiger partial charge in [-0.05, 0) is 41.8 Å². The van der Waals surface area contributed by atoms with Crippen molar-refractivity contribution in [2.24, 2.45) is 0 Å². The summed E-state index contributed by atoms with van der Waals surface area (Å²) in [7, 11) is 0. The Labute approximate surface area is 163 Å². The highest BCUT2D eigenvalue weighted by atomic mass is 32.1. The number of aromatic amines is 1. The number of thiophene rings is 1. The van der Waals surface area contributed by atoms with E-state index in [9.17, 15) is 9.90 Å². The Morgan fingerprint density at radius 1 is 1.07 bits per heavy atom. The second kappa shape index (κ2) is 6.47. The Morgan fingerprint density at radius 3 is 2.82 bits per heavy atom. The van der Waals surface area contributed by atoms with Gasteiger partial charge in [-0.2, -0.15) is 5.10 Å². The van der Waals surface area contributed by atoms with Gasteiger partial charge in [-0.25, -0.2) is 4.98 Å². The first kappa shape index (κ1) is 16.5. The topological polar surface area (TPSA) is 90.9 Å². The summed E-state index contributed by atoms with van der Waals surface area (Å²) in [5.41, 5.74) is 2.61. The van der Waals surface area contributed by atoms with E-state index in [1.165, 1.54) is 22.3 Å². The number of hydrogen-bond acceptors (Lipinski definition) is 5. The number of H-pyrrole nitrogens is 1. The van der Waals surface area contributed by atoms with Crippen LogP contribution in [0.1, 0.15) is 10.4 Å². The molecule has 3 aromatic heterocycles. The van der Waals surface area contributed by atoms with E-state index in [1.54, 1.807) is 23.6 Å². The smallest absolute Gasteiger partial charge is 0.261 e. The fraction of sp³-hybridized carbons (Fsp3) is 0. The third kappa shape index (κ3) is 2.78. The van der Waals surface area contributed by atoms with E-state index in [-0.39, 0.29) is 11.4 Å². The summed E-state index contributed by atoms with van der Waals surface area (Å²) in [6, 6.07) is 17.2. The number of benzene rings is 2. The van der Waals surface area contributed by atoms with Crippen molar-refractivity contribution in [1.29, 1.82) is 0 Å². The van der Waals surface area contributed by atoms with Gasteiger partial charge in [0.25, 0.3) is 5.91 Å². The van der Waals surface area contributed by atoms with Crippen LogP contribution in [0.5, 0.6) is 5.88 Å². The zero-order chi connectivity index (χ0) is 19.1. The molecule has 3 heterocycles. The maximum absolute atomic E-state index is 12.6. The summed E-state index contributed by atoms with van der Waals surface area (Å²) < 4.78 is 1.19. The van der Waals surface area contributed by atoms with Crippen molar-refractivity contribution >= 4 is 43.9 Å². The van der Waals surface area contributed by atoms with Gasteiger partial charge in [0, 0.05) is 32.4 Å². The van der Waals surface area contributed by atoms with Crippen LogP contribution in [0.2, 0.25) is 0 Å². The number of carbonyl (C=O) groups excluding carboxylic acids is 1. The van der Waals surface area contributed by atoms with Crippen LogP contribution in [0.25, 0.3) is 31.4 Å². The summed E-state index contributed by atoms with van der Waals surface area (Å²) in [6.07, 6.45) is 3.16. The lowest BCUT2D eigenvalue weighted by Crippen LogP contribution is -2.12. The lowest BCUT2D eigenvalue weighted by molar-refractivity contribution is 0.102. The molecule has 2 aromatic carbocycles. The average molecular weight is 386 g/mol. The standard InChI is InChI=1S/C21H14N4O2S/c26-20-15(5-3-7-22-20)21(27)24-14-8-13-11-23-25-19(13)16(10-14)18-9-12-4-1-2-6-17(12)28-18/h1-11H,(H,22,26)(H,23,25)(H,24,27). The molecule has 0 aliphatic heterocycles. The minimum absolute atomic E-state index is 0.123. The number of hydrogen-bond donors (Lipinski definition) is 3. The predicted octanol–water partition coefficient (Wildman–Crippen LogP) is 4.80. The molecule has 5 rings (SSSR count). The third-order valence-corrected chi connectivity index (χ3v) is 5.68. The average Bonchev–Trinajstić information content (AvgIpc) is 3.34. The summed E-state index contributed by atoms with van der Waals surface area (Å²) in [6.45, 7) is 0. The summed E-state index contributed by atoms with van der Waals surface area (Å²) in [4.78, 5) is 17.4. The maximum atomic E-state index is 12.6. The molecule has 0 aliphatic carbocycles. The van der Waals surface area contributed by atoms with Gasteiger partial charge >= 0.3 is 0 Å². The molecule has 0 aliphatic rings. The quantitative estimate of drug-likeness (QED) is 0.415. The molecule has 1 amide bonds.